The fourth-order valence-electron chi connectivity index (χ4n) is 2.35. The van der Waals surface area contributed by atoms with Crippen LogP contribution in [0.2, 0.25) is 0 Å². The van der Waals surface area contributed by atoms with Crippen LogP contribution < -0.4 is 5.32 Å². The Bertz CT molecular complexity index is 716. The minimum absolute atomic E-state index is 0.00154. The van der Waals surface area contributed by atoms with Gasteiger partial charge in [0.1, 0.15) is 11.3 Å². The molecule has 0 saturated heterocycles. The first-order chi connectivity index (χ1) is 12.5. The largest absolute Gasteiger partial charge is 0.506 e. The number of ether oxygens (including phenoxy) is 1. The van der Waals surface area contributed by atoms with E-state index in [1.54, 1.807) is 13.0 Å². The number of aromatic hydroxyl groups is 1. The van der Waals surface area contributed by atoms with Crippen LogP contribution >= 0.6 is 0 Å². The van der Waals surface area contributed by atoms with Crippen LogP contribution in [0.4, 0.5) is 0 Å². The number of amides is 1. The van der Waals surface area contributed by atoms with Crippen molar-refractivity contribution >= 4 is 22.8 Å². The molecule has 2 N–H and O–H groups in total. The van der Waals surface area contributed by atoms with E-state index >= 15 is 0 Å². The molecular weight excluding hydrogens is 332 g/mol. The predicted molar refractivity (Wildman–Crippen MR) is 102 cm³/mol. The van der Waals surface area contributed by atoms with Crippen molar-refractivity contribution in [3.8, 4) is 5.75 Å². The molecule has 0 fully saturated rings. The number of unbranched alkanes of at least 4 members (excludes halogenated alkanes) is 3. The summed E-state index contributed by atoms with van der Waals surface area (Å²) in [5.74, 6) is -0.476. The van der Waals surface area contributed by atoms with Gasteiger partial charge in [-0.3, -0.25) is 14.6 Å². The number of carbonyl (C=O) groups is 2. The van der Waals surface area contributed by atoms with Crippen molar-refractivity contribution in [2.45, 2.75) is 46.5 Å². The van der Waals surface area contributed by atoms with Crippen molar-refractivity contribution in [1.29, 1.82) is 0 Å². The zero-order chi connectivity index (χ0) is 19.4. The number of pyridine rings is 1. The monoisotopic (exact) mass is 360 g/mol. The summed E-state index contributed by atoms with van der Waals surface area (Å²) in [6, 6.07) is 7.23. The van der Waals surface area contributed by atoms with Crippen molar-refractivity contribution in [1.82, 2.24) is 10.3 Å². The minimum atomic E-state index is -0.266. The molecule has 1 heterocycles. The van der Waals surface area contributed by atoms with E-state index < -0.39 is 0 Å². The summed E-state index contributed by atoms with van der Waals surface area (Å²) >= 11 is 0. The van der Waals surface area contributed by atoms with Crippen LogP contribution in [0.15, 0.2) is 30.5 Å². The first-order valence-electron chi connectivity index (χ1n) is 8.99. The summed E-state index contributed by atoms with van der Waals surface area (Å²) in [7, 11) is 0. The molecule has 0 radical (unpaired) electrons. The molecule has 1 aromatic heterocycles. The topological polar surface area (TPSA) is 88.5 Å². The van der Waals surface area contributed by atoms with Gasteiger partial charge in [-0.2, -0.15) is 0 Å². The number of benzene rings is 1. The van der Waals surface area contributed by atoms with Gasteiger partial charge < -0.3 is 15.2 Å². The quantitative estimate of drug-likeness (QED) is 0.579. The standard InChI is InChI=1S/C16H20N2O2.C4H8O2/c1-2-3-4-7-10-17-16(20)13-11-18-14-9-6-5-8-12(14)15(13)19;1-3-6-4(2)5/h5-6,8-9,11H,2-4,7,10H2,1H3,(H,17,20)(H,18,19);3H2,1-2H3. The first-order valence-corrected chi connectivity index (χ1v) is 8.99. The molecule has 0 bridgehead atoms. The SMILES string of the molecule is CCCCCCNC(=O)c1cnc2ccccc2c1O.CCOC(C)=O. The minimum Gasteiger partial charge on any atom is -0.506 e. The number of aromatic nitrogens is 1. The molecule has 2 rings (SSSR count). The number of rotatable bonds is 7. The number of esters is 1. The normalized spacial score (nSPS) is 9.96. The van der Waals surface area contributed by atoms with Crippen molar-refractivity contribution in [3.63, 3.8) is 0 Å². The van der Waals surface area contributed by atoms with Gasteiger partial charge in [0.15, 0.2) is 0 Å². The van der Waals surface area contributed by atoms with Crippen LogP contribution in [0.5, 0.6) is 5.75 Å². The second kappa shape index (κ2) is 11.8. The summed E-state index contributed by atoms with van der Waals surface area (Å²) in [6.07, 6.45) is 5.85. The molecule has 6 nitrogen and oxygen atoms in total. The maximum Gasteiger partial charge on any atom is 0.302 e. The van der Waals surface area contributed by atoms with Gasteiger partial charge in [0.05, 0.1) is 12.1 Å². The van der Waals surface area contributed by atoms with Gasteiger partial charge in [-0.25, -0.2) is 0 Å². The number of fused-ring (bicyclic) bond motifs is 1. The van der Waals surface area contributed by atoms with E-state index in [1.165, 1.54) is 26.0 Å². The van der Waals surface area contributed by atoms with Gasteiger partial charge in [0, 0.05) is 25.1 Å². The lowest BCUT2D eigenvalue weighted by atomic mass is 10.1. The van der Waals surface area contributed by atoms with Gasteiger partial charge >= 0.3 is 5.97 Å². The van der Waals surface area contributed by atoms with Gasteiger partial charge in [-0.05, 0) is 25.5 Å². The third-order valence-electron chi connectivity index (χ3n) is 3.66. The summed E-state index contributed by atoms with van der Waals surface area (Å²) < 4.78 is 4.40. The fraction of sp³-hybridized carbons (Fsp3) is 0.450. The van der Waals surface area contributed by atoms with E-state index in [0.717, 1.165) is 12.8 Å². The molecule has 26 heavy (non-hydrogen) atoms. The molecular formula is C20H28N2O4. The zero-order valence-electron chi connectivity index (χ0n) is 15.7. The highest BCUT2D eigenvalue weighted by atomic mass is 16.5. The Hall–Kier alpha value is -2.63. The van der Waals surface area contributed by atoms with Gasteiger partial charge in [-0.1, -0.05) is 38.3 Å². The Balaban J connectivity index is 0.000000487. The highest BCUT2D eigenvalue weighted by molar-refractivity contribution is 6.02. The molecule has 6 heteroatoms. The smallest absolute Gasteiger partial charge is 0.302 e. The van der Waals surface area contributed by atoms with Crippen LogP contribution in [-0.2, 0) is 9.53 Å². The lowest BCUT2D eigenvalue weighted by Crippen LogP contribution is -2.24. The van der Waals surface area contributed by atoms with E-state index in [-0.39, 0.29) is 23.2 Å². The maximum absolute atomic E-state index is 12.0. The second-order valence-corrected chi connectivity index (χ2v) is 5.78. The Kier molecular flexibility index (Phi) is 9.75. The number of para-hydroxylation sites is 1. The molecule has 0 unspecified atom stereocenters. The van der Waals surface area contributed by atoms with Crippen molar-refractivity contribution in [2.24, 2.45) is 0 Å². The number of carbonyl (C=O) groups excluding carboxylic acids is 2. The average molecular weight is 360 g/mol. The molecule has 1 aromatic carbocycles. The highest BCUT2D eigenvalue weighted by Gasteiger charge is 2.13. The predicted octanol–water partition coefficient (Wildman–Crippen LogP) is 3.82. The molecule has 0 aliphatic carbocycles. The number of hydrogen-bond donors (Lipinski definition) is 2. The molecule has 0 aliphatic rings. The van der Waals surface area contributed by atoms with E-state index in [1.807, 2.05) is 18.2 Å². The lowest BCUT2D eigenvalue weighted by Gasteiger charge is -2.08. The molecule has 0 atom stereocenters. The van der Waals surface area contributed by atoms with Crippen LogP contribution in [0.1, 0.15) is 56.8 Å². The van der Waals surface area contributed by atoms with E-state index in [4.69, 9.17) is 0 Å². The number of hydrogen-bond acceptors (Lipinski definition) is 5. The molecule has 142 valence electrons. The van der Waals surface area contributed by atoms with E-state index in [2.05, 4.69) is 22.0 Å². The van der Waals surface area contributed by atoms with Crippen molar-refractivity contribution in [3.05, 3.63) is 36.0 Å². The fourth-order valence-corrected chi connectivity index (χ4v) is 2.35. The maximum atomic E-state index is 12.0. The summed E-state index contributed by atoms with van der Waals surface area (Å²) in [5.41, 5.74) is 0.920. The average Bonchev–Trinajstić information content (AvgIpc) is 2.62. The summed E-state index contributed by atoms with van der Waals surface area (Å²) in [5, 5.41) is 13.6. The van der Waals surface area contributed by atoms with Gasteiger partial charge in [-0.15, -0.1) is 0 Å². The van der Waals surface area contributed by atoms with E-state index in [9.17, 15) is 14.7 Å². The van der Waals surface area contributed by atoms with Crippen LogP contribution in [0.25, 0.3) is 10.9 Å². The van der Waals surface area contributed by atoms with Crippen molar-refractivity contribution < 1.29 is 19.4 Å². The summed E-state index contributed by atoms with van der Waals surface area (Å²) in [4.78, 5) is 26.1. The zero-order valence-corrected chi connectivity index (χ0v) is 15.7. The Morgan fingerprint density at radius 3 is 2.50 bits per heavy atom. The Morgan fingerprint density at radius 2 is 1.88 bits per heavy atom. The second-order valence-electron chi connectivity index (χ2n) is 5.78. The Labute approximate surface area is 154 Å². The van der Waals surface area contributed by atoms with Crippen LogP contribution in [0, 0.1) is 0 Å². The van der Waals surface area contributed by atoms with Crippen molar-refractivity contribution in [2.75, 3.05) is 13.2 Å². The third kappa shape index (κ3) is 7.09. The highest BCUT2D eigenvalue weighted by Crippen LogP contribution is 2.26. The number of nitrogens with one attached hydrogen (secondary N) is 1. The van der Waals surface area contributed by atoms with E-state index in [0.29, 0.717) is 24.1 Å². The molecule has 0 saturated carbocycles. The third-order valence-corrected chi connectivity index (χ3v) is 3.66. The molecule has 2 aromatic rings. The molecule has 0 spiro atoms. The first kappa shape index (κ1) is 21.4. The van der Waals surface area contributed by atoms with Gasteiger partial charge in [0.2, 0.25) is 0 Å². The van der Waals surface area contributed by atoms with Crippen LogP contribution in [-0.4, -0.2) is 35.1 Å². The lowest BCUT2D eigenvalue weighted by molar-refractivity contribution is -0.140. The Morgan fingerprint density at radius 1 is 1.15 bits per heavy atom. The van der Waals surface area contributed by atoms with Gasteiger partial charge in [0.25, 0.3) is 5.91 Å². The molecule has 1 amide bonds. The molecule has 0 aliphatic heterocycles. The number of nitrogens with zero attached hydrogens (tertiary/aromatic N) is 1. The van der Waals surface area contributed by atoms with Crippen LogP contribution in [0.3, 0.4) is 0 Å². The summed E-state index contributed by atoms with van der Waals surface area (Å²) in [6.45, 7) is 6.43.